The summed E-state index contributed by atoms with van der Waals surface area (Å²) in [7, 11) is 0. The van der Waals surface area contributed by atoms with Crippen LogP contribution in [-0.4, -0.2) is 27.8 Å². The lowest BCUT2D eigenvalue weighted by Crippen LogP contribution is -2.42. The fraction of sp³-hybridized carbons (Fsp3) is 0.176. The van der Waals surface area contributed by atoms with E-state index < -0.39 is 5.54 Å². The molecule has 119 valence electrons. The number of para-hydroxylation sites is 1. The lowest BCUT2D eigenvalue weighted by molar-refractivity contribution is -0.129. The van der Waals surface area contributed by atoms with E-state index in [1.54, 1.807) is 0 Å². The molecule has 5 nitrogen and oxygen atoms in total. The third kappa shape index (κ3) is 3.09. The topological polar surface area (TPSA) is 74.7 Å². The van der Waals surface area contributed by atoms with Crippen LogP contribution >= 0.6 is 11.8 Å². The molecule has 2 aromatic rings. The molecule has 2 aromatic carbocycles. The number of carbonyl (C=O) groups is 1. The lowest BCUT2D eigenvalue weighted by atomic mass is 9.92. The summed E-state index contributed by atoms with van der Waals surface area (Å²) in [4.78, 5) is 17.6. The number of benzene rings is 2. The molecule has 0 saturated heterocycles. The molecule has 0 bridgehead atoms. The van der Waals surface area contributed by atoms with Gasteiger partial charge in [-0.3, -0.25) is 15.7 Å². The number of aliphatic imine (C=N–C) groups is 1. The number of anilines is 1. The van der Waals surface area contributed by atoms with Crippen molar-refractivity contribution in [3.63, 3.8) is 0 Å². The summed E-state index contributed by atoms with van der Waals surface area (Å²) in [6.07, 6.45) is 1.92. The second-order valence-corrected chi connectivity index (χ2v) is 5.93. The van der Waals surface area contributed by atoms with Crippen LogP contribution in [0.3, 0.4) is 0 Å². The number of carbonyl (C=O) groups excluding carboxylic acids is 1. The van der Waals surface area contributed by atoms with Crippen molar-refractivity contribution < 1.29 is 10.3 Å². The van der Waals surface area contributed by atoms with Gasteiger partial charge in [-0.25, -0.2) is 4.99 Å². The van der Waals surface area contributed by atoms with E-state index in [0.717, 1.165) is 11.3 Å². The minimum Gasteiger partial charge on any atom is -0.289 e. The molecule has 3 rings (SSSR count). The maximum atomic E-state index is 12.9. The van der Waals surface area contributed by atoms with Gasteiger partial charge in [0.1, 0.15) is 0 Å². The van der Waals surface area contributed by atoms with Gasteiger partial charge in [0.15, 0.2) is 10.7 Å². The van der Waals surface area contributed by atoms with Crippen LogP contribution in [0.5, 0.6) is 0 Å². The van der Waals surface area contributed by atoms with Gasteiger partial charge in [-0.15, -0.1) is 0 Å². The smallest absolute Gasteiger partial charge is 0.279 e. The molecule has 0 unspecified atom stereocenters. The molecule has 1 aliphatic rings. The van der Waals surface area contributed by atoms with E-state index in [9.17, 15) is 4.79 Å². The van der Waals surface area contributed by atoms with Gasteiger partial charge in [0, 0.05) is 0 Å². The maximum Gasteiger partial charge on any atom is 0.279 e. The zero-order chi connectivity index (χ0) is 15.6. The van der Waals surface area contributed by atoms with Gasteiger partial charge in [-0.2, -0.15) is 5.01 Å². The van der Waals surface area contributed by atoms with Gasteiger partial charge in [0.2, 0.25) is 0 Å². The minimum atomic E-state index is -0.888. The van der Waals surface area contributed by atoms with Crippen LogP contribution in [0.1, 0.15) is 12.5 Å². The number of rotatable bonds is 3. The summed E-state index contributed by atoms with van der Waals surface area (Å²) >= 11 is 1.45. The summed E-state index contributed by atoms with van der Waals surface area (Å²) in [5.74, 6) is -0.0769. The van der Waals surface area contributed by atoms with Crippen LogP contribution in [0.25, 0.3) is 0 Å². The number of thioether (sulfide) groups is 1. The van der Waals surface area contributed by atoms with Crippen LogP contribution < -0.4 is 5.43 Å². The second kappa shape index (κ2) is 6.85. The first-order valence-electron chi connectivity index (χ1n) is 7.01. The van der Waals surface area contributed by atoms with Gasteiger partial charge in [-0.1, -0.05) is 60.3 Å². The predicted octanol–water partition coefficient (Wildman–Crippen LogP) is 3.31. The summed E-state index contributed by atoms with van der Waals surface area (Å²) in [6.45, 7) is 1.85. The second-order valence-electron chi connectivity index (χ2n) is 5.16. The highest BCUT2D eigenvalue weighted by molar-refractivity contribution is 8.13. The first kappa shape index (κ1) is 17.1. The predicted molar refractivity (Wildman–Crippen MR) is 93.6 cm³/mol. The SMILES string of the molecule is CSC1=N[C@@](C)(c2ccccc2)C(=O)N1Nc1ccccc1.[OH]. The molecule has 1 amide bonds. The Kier molecular flexibility index (Phi) is 5.08. The monoisotopic (exact) mass is 328 g/mol. The highest BCUT2D eigenvalue weighted by Crippen LogP contribution is 2.35. The Bertz CT molecular complexity index is 706. The standard InChI is InChI=1S/C17H17N3OS.HO/c1-17(13-9-5-3-6-10-13)15(21)20(16(18-17)22-2)19-14-11-7-4-8-12-14;/h3-12,19H,1-2H3;1H/t17-;/m0./s1. The largest absolute Gasteiger partial charge is 0.289 e. The Morgan fingerprint density at radius 2 is 1.61 bits per heavy atom. The van der Waals surface area contributed by atoms with Crippen molar-refractivity contribution >= 4 is 28.5 Å². The Morgan fingerprint density at radius 3 is 2.17 bits per heavy atom. The zero-order valence-electron chi connectivity index (χ0n) is 12.9. The molecule has 1 aliphatic heterocycles. The number of amides is 1. The Labute approximate surface area is 139 Å². The van der Waals surface area contributed by atoms with Crippen LogP contribution in [0, 0.1) is 0 Å². The highest BCUT2D eigenvalue weighted by atomic mass is 32.2. The Balaban J connectivity index is 0.00000192. The minimum absolute atomic E-state index is 0. The number of amidine groups is 1. The molecular formula is C17H18N3O2S. The molecule has 1 atom stereocenters. The van der Waals surface area contributed by atoms with Crippen molar-refractivity contribution in [2.24, 2.45) is 4.99 Å². The van der Waals surface area contributed by atoms with E-state index in [2.05, 4.69) is 10.4 Å². The number of hydrazine groups is 1. The Hall–Kier alpha value is -2.31. The van der Waals surface area contributed by atoms with Crippen LogP contribution in [0.4, 0.5) is 5.69 Å². The molecule has 0 saturated carbocycles. The summed E-state index contributed by atoms with van der Waals surface area (Å²) in [5.41, 5.74) is 4.01. The van der Waals surface area contributed by atoms with Crippen molar-refractivity contribution in [1.29, 1.82) is 0 Å². The molecule has 1 radical (unpaired) electrons. The van der Waals surface area contributed by atoms with E-state index in [-0.39, 0.29) is 11.4 Å². The number of nitrogens with zero attached hydrogens (tertiary/aromatic N) is 2. The number of hydrogen-bond acceptors (Lipinski definition) is 4. The van der Waals surface area contributed by atoms with Crippen molar-refractivity contribution in [2.45, 2.75) is 12.5 Å². The normalized spacial score (nSPS) is 20.0. The molecule has 2 N–H and O–H groups in total. The van der Waals surface area contributed by atoms with Gasteiger partial charge < -0.3 is 0 Å². The fourth-order valence-electron chi connectivity index (χ4n) is 2.42. The molecule has 0 aromatic heterocycles. The van der Waals surface area contributed by atoms with E-state index in [0.29, 0.717) is 5.17 Å². The van der Waals surface area contributed by atoms with E-state index in [4.69, 9.17) is 0 Å². The first-order chi connectivity index (χ1) is 10.6. The van der Waals surface area contributed by atoms with Crippen LogP contribution in [0.15, 0.2) is 65.7 Å². The molecule has 23 heavy (non-hydrogen) atoms. The Morgan fingerprint density at radius 1 is 1.04 bits per heavy atom. The zero-order valence-corrected chi connectivity index (χ0v) is 13.7. The van der Waals surface area contributed by atoms with Crippen molar-refractivity contribution in [3.05, 3.63) is 66.2 Å². The van der Waals surface area contributed by atoms with Gasteiger partial charge in [-0.05, 0) is 30.9 Å². The molecule has 1 heterocycles. The summed E-state index contributed by atoms with van der Waals surface area (Å²) in [6, 6.07) is 19.3. The average molecular weight is 328 g/mol. The van der Waals surface area contributed by atoms with Gasteiger partial charge in [0.25, 0.3) is 5.91 Å². The fourth-order valence-corrected chi connectivity index (χ4v) is 3.01. The quantitative estimate of drug-likeness (QED) is 0.907. The lowest BCUT2D eigenvalue weighted by Gasteiger charge is -2.23. The van der Waals surface area contributed by atoms with Crippen molar-refractivity contribution in [2.75, 3.05) is 11.7 Å². The molecule has 0 fully saturated rings. The van der Waals surface area contributed by atoms with Crippen LogP contribution in [-0.2, 0) is 10.3 Å². The summed E-state index contributed by atoms with van der Waals surface area (Å²) in [5, 5.41) is 2.20. The molecular weight excluding hydrogens is 310 g/mol. The third-order valence-electron chi connectivity index (χ3n) is 3.66. The highest BCUT2D eigenvalue weighted by Gasteiger charge is 2.46. The first-order valence-corrected chi connectivity index (χ1v) is 8.23. The summed E-state index contributed by atoms with van der Waals surface area (Å²) < 4.78 is 0. The van der Waals surface area contributed by atoms with Crippen molar-refractivity contribution in [1.82, 2.24) is 5.01 Å². The number of nitrogens with one attached hydrogen (secondary N) is 1. The molecule has 0 spiro atoms. The van der Waals surface area contributed by atoms with Gasteiger partial charge in [0.05, 0.1) is 5.69 Å². The van der Waals surface area contributed by atoms with Crippen molar-refractivity contribution in [3.8, 4) is 0 Å². The molecule has 6 heteroatoms. The van der Waals surface area contributed by atoms with E-state index >= 15 is 0 Å². The maximum absolute atomic E-state index is 12.9. The number of hydrogen-bond donors (Lipinski definition) is 2. The molecule has 0 aliphatic carbocycles. The third-order valence-corrected chi connectivity index (χ3v) is 4.30. The average Bonchev–Trinajstić information content (AvgIpc) is 2.82. The van der Waals surface area contributed by atoms with Crippen LogP contribution in [0.2, 0.25) is 0 Å². The van der Waals surface area contributed by atoms with E-state index in [1.165, 1.54) is 16.8 Å². The van der Waals surface area contributed by atoms with Gasteiger partial charge >= 0.3 is 0 Å². The van der Waals surface area contributed by atoms with E-state index in [1.807, 2.05) is 73.8 Å².